The number of carbonyl (C=O) groups is 1. The number of hydrogen-bond acceptors (Lipinski definition) is 6. The topological polar surface area (TPSA) is 64.7 Å². The number of fused-ring (bicyclic) bond motifs is 1. The van der Waals surface area contributed by atoms with Gasteiger partial charge in [0, 0.05) is 66.6 Å². The van der Waals surface area contributed by atoms with Gasteiger partial charge in [0.25, 0.3) is 0 Å². The molecule has 0 bridgehead atoms. The molecule has 2 fully saturated rings. The Bertz CT molecular complexity index is 1510. The molecule has 0 spiro atoms. The highest BCUT2D eigenvalue weighted by atomic mass is 16.5. The number of nitrogens with one attached hydrogen (secondary N) is 1. The summed E-state index contributed by atoms with van der Waals surface area (Å²) in [4.78, 5) is 28.0. The van der Waals surface area contributed by atoms with Crippen molar-refractivity contribution < 1.29 is 9.53 Å². The van der Waals surface area contributed by atoms with Crippen LogP contribution < -0.4 is 4.74 Å². The van der Waals surface area contributed by atoms with E-state index in [2.05, 4.69) is 77.2 Å². The van der Waals surface area contributed by atoms with Crippen LogP contribution in [0.1, 0.15) is 34.7 Å². The van der Waals surface area contributed by atoms with E-state index < -0.39 is 0 Å². The normalized spacial score (nSPS) is 17.3. The van der Waals surface area contributed by atoms with Crippen molar-refractivity contribution in [2.45, 2.75) is 18.8 Å². The van der Waals surface area contributed by atoms with Crippen molar-refractivity contribution >= 4 is 16.8 Å². The van der Waals surface area contributed by atoms with Gasteiger partial charge in [-0.05, 0) is 81.8 Å². The van der Waals surface area contributed by atoms with Crippen LogP contribution in [0.5, 0.6) is 5.75 Å². The molecular weight excluding hydrogens is 510 g/mol. The van der Waals surface area contributed by atoms with Crippen LogP contribution in [0.25, 0.3) is 33.3 Å². The maximum Gasteiger partial charge on any atom is 0.168 e. The second-order valence-electron chi connectivity index (χ2n) is 12.1. The number of methoxy groups -OCH3 is 1. The smallest absolute Gasteiger partial charge is 0.168 e. The predicted molar refractivity (Wildman–Crippen MR) is 166 cm³/mol. The standard InChI is InChI=1S/C34H41N5O2/c1-37(2)15-16-39-21-28(22-39)33(40)25-7-5-23(6-8-25)31-20-36-34-30(31)17-27(19-35-34)26-9-10-29(32(18-26)41-4)24-11-13-38(3)14-12-24/h5-10,17-20,24,28H,11-16,21-22H2,1-4H3,(H,35,36). The molecule has 0 unspecified atom stereocenters. The third kappa shape index (κ3) is 5.80. The Hall–Kier alpha value is -3.52. The molecular formula is C34H41N5O2. The van der Waals surface area contributed by atoms with Crippen LogP contribution in [0, 0.1) is 5.92 Å². The lowest BCUT2D eigenvalue weighted by atomic mass is 9.88. The van der Waals surface area contributed by atoms with Crippen LogP contribution in [-0.4, -0.2) is 98.0 Å². The molecule has 0 radical (unpaired) electrons. The van der Waals surface area contributed by atoms with Gasteiger partial charge < -0.3 is 24.4 Å². The third-order valence-corrected chi connectivity index (χ3v) is 8.93. The van der Waals surface area contributed by atoms with E-state index in [9.17, 15) is 4.79 Å². The number of H-pyrrole nitrogens is 1. The molecule has 0 aliphatic carbocycles. The summed E-state index contributed by atoms with van der Waals surface area (Å²) < 4.78 is 5.87. The first kappa shape index (κ1) is 27.6. The summed E-state index contributed by atoms with van der Waals surface area (Å²) >= 11 is 0. The van der Waals surface area contributed by atoms with E-state index in [1.165, 1.54) is 5.56 Å². The van der Waals surface area contributed by atoms with Crippen molar-refractivity contribution in [3.63, 3.8) is 0 Å². The molecule has 2 aromatic carbocycles. The van der Waals surface area contributed by atoms with Gasteiger partial charge in [-0.1, -0.05) is 36.4 Å². The van der Waals surface area contributed by atoms with Crippen molar-refractivity contribution in [2.75, 3.05) is 67.5 Å². The summed E-state index contributed by atoms with van der Waals surface area (Å²) in [6.45, 7) is 6.00. The van der Waals surface area contributed by atoms with Crippen LogP contribution in [0.3, 0.4) is 0 Å². The maximum atomic E-state index is 13.0. The molecule has 214 valence electrons. The molecule has 2 aliphatic heterocycles. The van der Waals surface area contributed by atoms with Gasteiger partial charge in [-0.15, -0.1) is 0 Å². The molecule has 7 nitrogen and oxygen atoms in total. The Morgan fingerprint density at radius 2 is 1.76 bits per heavy atom. The number of ether oxygens (including phenoxy) is 1. The quantitative estimate of drug-likeness (QED) is 0.282. The second kappa shape index (κ2) is 11.8. The summed E-state index contributed by atoms with van der Waals surface area (Å²) in [6, 6.07) is 16.9. The largest absolute Gasteiger partial charge is 0.496 e. The number of aromatic amines is 1. The Kier molecular flexibility index (Phi) is 7.93. The fourth-order valence-electron chi connectivity index (χ4n) is 6.26. The van der Waals surface area contributed by atoms with E-state index in [0.717, 1.165) is 96.7 Å². The number of carbonyl (C=O) groups excluding carboxylic acids is 1. The minimum Gasteiger partial charge on any atom is -0.496 e. The Morgan fingerprint density at radius 3 is 2.46 bits per heavy atom. The monoisotopic (exact) mass is 551 g/mol. The molecule has 6 rings (SSSR count). The van der Waals surface area contributed by atoms with E-state index in [4.69, 9.17) is 9.72 Å². The fraction of sp³-hybridized carbons (Fsp3) is 0.412. The highest BCUT2D eigenvalue weighted by Gasteiger charge is 2.32. The Morgan fingerprint density at radius 1 is 1.02 bits per heavy atom. The van der Waals surface area contributed by atoms with E-state index in [1.54, 1.807) is 7.11 Å². The first-order valence-corrected chi connectivity index (χ1v) is 14.8. The molecule has 4 heterocycles. The SMILES string of the molecule is COc1cc(-c2cnc3[nH]cc(-c4ccc(C(=O)C5CN(CCN(C)C)C5)cc4)c3c2)ccc1C1CCN(C)CC1. The number of likely N-dealkylation sites (tertiary alicyclic amines) is 2. The fourth-order valence-corrected chi connectivity index (χ4v) is 6.26. The molecule has 0 saturated carbocycles. The molecule has 4 aromatic rings. The first-order chi connectivity index (χ1) is 19.9. The zero-order valence-corrected chi connectivity index (χ0v) is 24.7. The van der Waals surface area contributed by atoms with Crippen LogP contribution in [-0.2, 0) is 0 Å². The van der Waals surface area contributed by atoms with Crippen molar-refractivity contribution in [2.24, 2.45) is 5.92 Å². The van der Waals surface area contributed by atoms with Crippen molar-refractivity contribution in [1.82, 2.24) is 24.7 Å². The summed E-state index contributed by atoms with van der Waals surface area (Å²) in [7, 11) is 8.13. The van der Waals surface area contributed by atoms with E-state index in [1.807, 2.05) is 24.5 Å². The van der Waals surface area contributed by atoms with Crippen molar-refractivity contribution in [3.05, 3.63) is 72.1 Å². The maximum absolute atomic E-state index is 13.0. The number of aromatic nitrogens is 2. The number of rotatable bonds is 9. The molecule has 41 heavy (non-hydrogen) atoms. The molecule has 2 aromatic heterocycles. The average molecular weight is 552 g/mol. The summed E-state index contributed by atoms with van der Waals surface area (Å²) in [5.41, 5.74) is 7.26. The Balaban J connectivity index is 1.19. The number of Topliss-reactive ketones (excluding diaryl/α,β-unsaturated/α-hetero) is 1. The highest BCUT2D eigenvalue weighted by molar-refractivity contribution is 6.00. The number of nitrogens with zero attached hydrogens (tertiary/aromatic N) is 4. The number of ketones is 1. The summed E-state index contributed by atoms with van der Waals surface area (Å²) in [6.07, 6.45) is 6.25. The number of likely N-dealkylation sites (N-methyl/N-ethyl adjacent to an activating group) is 1. The lowest BCUT2D eigenvalue weighted by Gasteiger charge is -2.38. The predicted octanol–water partition coefficient (Wildman–Crippen LogP) is 5.39. The summed E-state index contributed by atoms with van der Waals surface area (Å²) in [5.74, 6) is 1.84. The minimum absolute atomic E-state index is 0.102. The molecule has 1 N–H and O–H groups in total. The third-order valence-electron chi connectivity index (χ3n) is 8.93. The number of benzene rings is 2. The van der Waals surface area contributed by atoms with Crippen molar-refractivity contribution in [3.8, 4) is 28.0 Å². The van der Waals surface area contributed by atoms with Crippen LogP contribution >= 0.6 is 0 Å². The van der Waals surface area contributed by atoms with Gasteiger partial charge in [-0.3, -0.25) is 4.79 Å². The first-order valence-electron chi connectivity index (χ1n) is 14.8. The van der Waals surface area contributed by atoms with Gasteiger partial charge in [0.1, 0.15) is 11.4 Å². The van der Waals surface area contributed by atoms with Gasteiger partial charge in [-0.2, -0.15) is 0 Å². The lowest BCUT2D eigenvalue weighted by Crippen LogP contribution is -2.52. The van der Waals surface area contributed by atoms with E-state index in [0.29, 0.717) is 5.92 Å². The highest BCUT2D eigenvalue weighted by Crippen LogP contribution is 2.38. The zero-order valence-electron chi connectivity index (χ0n) is 24.7. The molecule has 7 heteroatoms. The van der Waals surface area contributed by atoms with Crippen LogP contribution in [0.4, 0.5) is 0 Å². The Labute approximate surface area is 243 Å². The molecule has 0 amide bonds. The number of pyridine rings is 1. The molecule has 0 atom stereocenters. The van der Waals surface area contributed by atoms with E-state index in [-0.39, 0.29) is 11.7 Å². The van der Waals surface area contributed by atoms with Crippen molar-refractivity contribution in [1.29, 1.82) is 0 Å². The van der Waals surface area contributed by atoms with Crippen LogP contribution in [0.15, 0.2) is 60.9 Å². The number of piperidine rings is 1. The zero-order chi connectivity index (χ0) is 28.5. The lowest BCUT2D eigenvalue weighted by molar-refractivity contribution is 0.0601. The van der Waals surface area contributed by atoms with Crippen LogP contribution in [0.2, 0.25) is 0 Å². The van der Waals surface area contributed by atoms with Gasteiger partial charge >= 0.3 is 0 Å². The van der Waals surface area contributed by atoms with Gasteiger partial charge in [0.15, 0.2) is 5.78 Å². The summed E-state index contributed by atoms with van der Waals surface area (Å²) in [5, 5.41) is 1.07. The number of hydrogen-bond donors (Lipinski definition) is 1. The van der Waals surface area contributed by atoms with Gasteiger partial charge in [0.05, 0.1) is 7.11 Å². The van der Waals surface area contributed by atoms with Gasteiger partial charge in [-0.25, -0.2) is 4.98 Å². The average Bonchev–Trinajstić information content (AvgIpc) is 3.39. The van der Waals surface area contributed by atoms with Gasteiger partial charge in [0.2, 0.25) is 0 Å². The minimum atomic E-state index is 0.102. The molecule has 2 aliphatic rings. The second-order valence-corrected chi connectivity index (χ2v) is 12.1. The molecule has 2 saturated heterocycles. The van der Waals surface area contributed by atoms with E-state index >= 15 is 0 Å².